The van der Waals surface area contributed by atoms with Gasteiger partial charge in [0.2, 0.25) is 0 Å². The molecular weight excluding hydrogens is 503 g/mol. The zero-order chi connectivity index (χ0) is 28.3. The third-order valence-corrected chi connectivity index (χ3v) is 5.45. The smallest absolute Gasteiger partial charge is 0.376 e. The Morgan fingerprint density at radius 2 is 1.39 bits per heavy atom. The fraction of sp³-hybridized carbons (Fsp3) is 0.115. The summed E-state index contributed by atoms with van der Waals surface area (Å²) in [7, 11) is 3.19. The maximum atomic E-state index is 13.4. The molecule has 0 aliphatic rings. The lowest BCUT2D eigenvalue weighted by Crippen LogP contribution is -2.19. The van der Waals surface area contributed by atoms with Gasteiger partial charge in [0.1, 0.15) is 17.3 Å². The van der Waals surface area contributed by atoms with Gasteiger partial charge < -0.3 is 29.9 Å². The van der Waals surface area contributed by atoms with E-state index in [2.05, 4.69) is 0 Å². The number of benzene rings is 2. The second-order valence-corrected chi connectivity index (χ2v) is 8.31. The van der Waals surface area contributed by atoms with Gasteiger partial charge in [0.25, 0.3) is 11.6 Å². The van der Waals surface area contributed by atoms with E-state index in [-0.39, 0.29) is 28.7 Å². The molecule has 3 aromatic rings. The largest absolute Gasteiger partial charge is 0.507 e. The number of carbonyl (C=O) groups excluding carboxylic acids is 2. The Bertz CT molecular complexity index is 1600. The Balaban J connectivity index is 2.39. The van der Waals surface area contributed by atoms with Crippen molar-refractivity contribution in [3.63, 3.8) is 0 Å². The van der Waals surface area contributed by atoms with Crippen LogP contribution in [0.4, 0.5) is 10.1 Å². The maximum absolute atomic E-state index is 13.4. The molecule has 0 amide bonds. The lowest BCUT2D eigenvalue weighted by Gasteiger charge is -2.21. The summed E-state index contributed by atoms with van der Waals surface area (Å²) in [5.74, 6) is -8.74. The van der Waals surface area contributed by atoms with Crippen LogP contribution in [0.2, 0.25) is 0 Å². The number of carboxylic acid groups (broad SMARTS) is 2. The highest BCUT2D eigenvalue weighted by atomic mass is 19.1. The highest BCUT2D eigenvalue weighted by Crippen LogP contribution is 2.30. The Hall–Kier alpha value is -5.26. The molecule has 1 heterocycles. The number of anilines is 1. The van der Waals surface area contributed by atoms with E-state index < -0.39 is 51.8 Å². The van der Waals surface area contributed by atoms with Crippen LogP contribution in [-0.4, -0.2) is 62.6 Å². The Labute approximate surface area is 213 Å². The van der Waals surface area contributed by atoms with Gasteiger partial charge >= 0.3 is 11.9 Å². The van der Waals surface area contributed by atoms with Crippen molar-refractivity contribution in [2.24, 2.45) is 0 Å². The Morgan fingerprint density at radius 3 is 1.89 bits per heavy atom. The van der Waals surface area contributed by atoms with Crippen LogP contribution in [0.5, 0.6) is 0 Å². The van der Waals surface area contributed by atoms with Gasteiger partial charge in [0, 0.05) is 55.6 Å². The molecule has 0 aliphatic carbocycles. The third-order valence-electron chi connectivity index (χ3n) is 5.45. The van der Waals surface area contributed by atoms with Crippen molar-refractivity contribution in [3.05, 3.63) is 87.5 Å². The normalized spacial score (nSPS) is 11.9. The summed E-state index contributed by atoms with van der Waals surface area (Å²) in [5.41, 5.74) is -0.285. The fourth-order valence-corrected chi connectivity index (χ4v) is 3.63. The molecule has 2 aromatic carbocycles. The van der Waals surface area contributed by atoms with Crippen LogP contribution < -0.4 is 10.3 Å². The van der Waals surface area contributed by atoms with Gasteiger partial charge in [-0.3, -0.25) is 14.4 Å². The average molecular weight is 524 g/mol. The fourth-order valence-electron chi connectivity index (χ4n) is 3.63. The Morgan fingerprint density at radius 1 is 0.868 bits per heavy atom. The molecular formula is C26H21FN2O9. The van der Waals surface area contributed by atoms with Gasteiger partial charge in [0.05, 0.1) is 11.1 Å². The van der Waals surface area contributed by atoms with E-state index in [4.69, 9.17) is 10.2 Å². The van der Waals surface area contributed by atoms with E-state index in [1.165, 1.54) is 52.1 Å². The second kappa shape index (κ2) is 10.8. The number of hydrogen-bond acceptors (Lipinski definition) is 8. The van der Waals surface area contributed by atoms with Gasteiger partial charge in [-0.2, -0.15) is 0 Å². The van der Waals surface area contributed by atoms with Crippen LogP contribution in [0.1, 0.15) is 16.7 Å². The lowest BCUT2D eigenvalue weighted by atomic mass is 10.0. The molecule has 38 heavy (non-hydrogen) atoms. The van der Waals surface area contributed by atoms with Crippen molar-refractivity contribution in [2.75, 3.05) is 19.0 Å². The predicted molar refractivity (Wildman–Crippen MR) is 135 cm³/mol. The summed E-state index contributed by atoms with van der Waals surface area (Å²) in [5, 5.41) is 38.6. The molecule has 0 atom stereocenters. The first-order chi connectivity index (χ1) is 17.8. The number of aliphatic hydroxyl groups is 2. The molecule has 0 spiro atoms. The zero-order valence-corrected chi connectivity index (χ0v) is 20.0. The topological polar surface area (TPSA) is 174 Å². The number of aliphatic hydroxyl groups excluding tert-OH is 2. The van der Waals surface area contributed by atoms with Crippen molar-refractivity contribution < 1.29 is 44.0 Å². The number of halogens is 1. The van der Waals surface area contributed by atoms with E-state index >= 15 is 0 Å². The lowest BCUT2D eigenvalue weighted by molar-refractivity contribution is -0.146. The van der Waals surface area contributed by atoms with Crippen molar-refractivity contribution >= 4 is 51.6 Å². The summed E-state index contributed by atoms with van der Waals surface area (Å²) in [6.45, 7) is 0.0375. The van der Waals surface area contributed by atoms with Crippen LogP contribution in [0.25, 0.3) is 22.4 Å². The summed E-state index contributed by atoms with van der Waals surface area (Å²) in [4.78, 5) is 60.1. The minimum Gasteiger partial charge on any atom is -0.507 e. The second-order valence-electron chi connectivity index (χ2n) is 8.31. The predicted octanol–water partition coefficient (Wildman–Crippen LogP) is 2.36. The van der Waals surface area contributed by atoms with Crippen LogP contribution in [0, 0.1) is 5.82 Å². The first kappa shape index (κ1) is 27.3. The number of carboxylic acids is 2. The van der Waals surface area contributed by atoms with Gasteiger partial charge in [-0.15, -0.1) is 0 Å². The number of hydrogen-bond donors (Lipinski definition) is 4. The van der Waals surface area contributed by atoms with E-state index in [1.54, 1.807) is 14.1 Å². The zero-order valence-electron chi connectivity index (χ0n) is 20.0. The average Bonchev–Trinajstić information content (AvgIpc) is 2.85. The number of aromatic nitrogens is 1. The van der Waals surface area contributed by atoms with Crippen molar-refractivity contribution in [1.82, 2.24) is 4.57 Å². The van der Waals surface area contributed by atoms with E-state index in [1.807, 2.05) is 0 Å². The molecule has 11 nitrogen and oxygen atoms in total. The number of fused-ring (bicyclic) bond motifs is 1. The molecule has 0 saturated heterocycles. The van der Waals surface area contributed by atoms with E-state index in [0.29, 0.717) is 17.7 Å². The molecule has 3 rings (SSSR count). The number of pyridine rings is 1. The minimum absolute atomic E-state index is 0.0375. The number of carbonyl (C=O) groups is 4. The quantitative estimate of drug-likeness (QED) is 0.185. The standard InChI is InChI=1S/C26H21FN2O9/c1-28(2)18-8-19-16(7-15(18)20(30)9-22(32)25(35)36)24(34)17(21(31)10-23(33)26(37)38)12-29(19)11-13-3-5-14(27)6-4-13/h3-10,12,30-31H,11H2,1-2H3,(H,35,36)(H,37,38)/b20-9-,21-10-. The number of rotatable bonds is 9. The van der Waals surface area contributed by atoms with E-state index in [0.717, 1.165) is 0 Å². The number of aliphatic carboxylic acids is 2. The molecule has 0 radical (unpaired) electrons. The summed E-state index contributed by atoms with van der Waals surface area (Å²) >= 11 is 0. The van der Waals surface area contributed by atoms with Crippen LogP contribution in [0.15, 0.2) is 59.5 Å². The van der Waals surface area contributed by atoms with Gasteiger partial charge in [-0.25, -0.2) is 14.0 Å². The molecule has 1 aromatic heterocycles. The highest BCUT2D eigenvalue weighted by Gasteiger charge is 2.21. The molecule has 0 unspecified atom stereocenters. The molecule has 4 N–H and O–H groups in total. The number of nitrogens with zero attached hydrogens (tertiary/aromatic N) is 2. The molecule has 0 saturated carbocycles. The molecule has 12 heteroatoms. The first-order valence-electron chi connectivity index (χ1n) is 10.8. The van der Waals surface area contributed by atoms with Gasteiger partial charge in [-0.1, -0.05) is 12.1 Å². The van der Waals surface area contributed by atoms with Crippen molar-refractivity contribution in [2.45, 2.75) is 6.54 Å². The third kappa shape index (κ3) is 5.75. The van der Waals surface area contributed by atoms with Gasteiger partial charge in [0.15, 0.2) is 5.43 Å². The van der Waals surface area contributed by atoms with E-state index in [9.17, 15) is 38.6 Å². The summed E-state index contributed by atoms with van der Waals surface area (Å²) < 4.78 is 14.9. The summed E-state index contributed by atoms with van der Waals surface area (Å²) in [6, 6.07) is 8.04. The Kier molecular flexibility index (Phi) is 7.76. The molecule has 196 valence electrons. The van der Waals surface area contributed by atoms with Crippen LogP contribution >= 0.6 is 0 Å². The van der Waals surface area contributed by atoms with Crippen LogP contribution in [0.3, 0.4) is 0 Å². The van der Waals surface area contributed by atoms with Crippen molar-refractivity contribution in [1.29, 1.82) is 0 Å². The SMILES string of the molecule is CN(C)c1cc2c(cc1/C(O)=C/C(=O)C(=O)O)c(=O)c(/C(O)=C/C(=O)C(=O)O)cn2Cc1ccc(F)cc1. The van der Waals surface area contributed by atoms with Crippen LogP contribution in [-0.2, 0) is 25.7 Å². The summed E-state index contributed by atoms with van der Waals surface area (Å²) in [6.07, 6.45) is 2.03. The molecule has 0 fully saturated rings. The molecule has 0 bridgehead atoms. The van der Waals surface area contributed by atoms with Gasteiger partial charge in [-0.05, 0) is 29.8 Å². The monoisotopic (exact) mass is 524 g/mol. The van der Waals surface area contributed by atoms with Crippen molar-refractivity contribution in [3.8, 4) is 0 Å². The highest BCUT2D eigenvalue weighted by molar-refractivity contribution is 6.39. The number of ketones is 2. The molecule has 0 aliphatic heterocycles. The maximum Gasteiger partial charge on any atom is 0.376 e. The first-order valence-corrected chi connectivity index (χ1v) is 10.8. The minimum atomic E-state index is -1.86.